The van der Waals surface area contributed by atoms with Gasteiger partial charge in [-0.05, 0) is 59.2 Å². The lowest BCUT2D eigenvalue weighted by Gasteiger charge is -2.28. The van der Waals surface area contributed by atoms with Gasteiger partial charge in [0.2, 0.25) is 10.0 Å². The smallest absolute Gasteiger partial charge is 0.337 e. The summed E-state index contributed by atoms with van der Waals surface area (Å²) >= 11 is 5.97. The molecule has 0 saturated carbocycles. The summed E-state index contributed by atoms with van der Waals surface area (Å²) in [6.07, 6.45) is 3.51. The lowest BCUT2D eigenvalue weighted by Crippen LogP contribution is -2.37. The van der Waals surface area contributed by atoms with E-state index in [0.717, 1.165) is 16.7 Å². The molecule has 4 aromatic rings. The number of sulfonamides is 1. The normalized spacial score (nSPS) is 12.3. The van der Waals surface area contributed by atoms with E-state index in [2.05, 4.69) is 14.6 Å². The van der Waals surface area contributed by atoms with E-state index < -0.39 is 22.0 Å². The fourth-order valence-corrected chi connectivity index (χ4v) is 5.42. The third-order valence-electron chi connectivity index (χ3n) is 5.97. The van der Waals surface area contributed by atoms with E-state index in [1.807, 2.05) is 54.6 Å². The Hall–Kier alpha value is -3.56. The molecule has 3 aromatic carbocycles. The van der Waals surface area contributed by atoms with Crippen LogP contribution in [-0.4, -0.2) is 37.9 Å². The van der Waals surface area contributed by atoms with Crippen molar-refractivity contribution < 1.29 is 17.9 Å². The van der Waals surface area contributed by atoms with E-state index >= 15 is 0 Å². The third-order valence-corrected chi connectivity index (χ3v) is 7.71. The minimum absolute atomic E-state index is 0.139. The summed E-state index contributed by atoms with van der Waals surface area (Å²) in [5, 5.41) is 0.462. The molecule has 38 heavy (non-hydrogen) atoms. The second-order valence-electron chi connectivity index (χ2n) is 8.76. The van der Waals surface area contributed by atoms with E-state index in [9.17, 15) is 13.2 Å². The summed E-state index contributed by atoms with van der Waals surface area (Å²) in [6, 6.07) is 26.1. The standard InChI is InChI=1S/C29H28ClN3O4S/c1-37-29(34)25-11-9-22(10-12-25)19-33(20-23-6-5-17-31-18-23)21-28(24-7-3-2-4-8-24)32-38(35,36)27-15-13-26(30)14-16-27/h2-18,28,32H,19-21H2,1H3/t28-/m1/s1. The molecule has 1 aromatic heterocycles. The molecular weight excluding hydrogens is 522 g/mol. The zero-order valence-corrected chi connectivity index (χ0v) is 22.4. The Labute approximate surface area is 228 Å². The Balaban J connectivity index is 1.63. The van der Waals surface area contributed by atoms with Gasteiger partial charge in [-0.2, -0.15) is 0 Å². The van der Waals surface area contributed by atoms with Crippen molar-refractivity contribution in [1.82, 2.24) is 14.6 Å². The molecule has 0 spiro atoms. The topological polar surface area (TPSA) is 88.6 Å². The van der Waals surface area contributed by atoms with Crippen LogP contribution in [0.2, 0.25) is 5.02 Å². The van der Waals surface area contributed by atoms with Crippen molar-refractivity contribution in [1.29, 1.82) is 0 Å². The summed E-state index contributed by atoms with van der Waals surface area (Å²) in [7, 11) is -2.48. The molecule has 7 nitrogen and oxygen atoms in total. The molecule has 196 valence electrons. The molecule has 0 amide bonds. The number of nitrogens with zero attached hydrogens (tertiary/aromatic N) is 2. The van der Waals surface area contributed by atoms with Crippen molar-refractivity contribution in [3.63, 3.8) is 0 Å². The van der Waals surface area contributed by atoms with Gasteiger partial charge in [0.1, 0.15) is 0 Å². The molecule has 0 radical (unpaired) electrons. The van der Waals surface area contributed by atoms with Crippen LogP contribution < -0.4 is 4.72 Å². The Morgan fingerprint density at radius 2 is 1.61 bits per heavy atom. The number of carbonyl (C=O) groups excluding carboxylic acids is 1. The number of pyridine rings is 1. The lowest BCUT2D eigenvalue weighted by molar-refractivity contribution is 0.0600. The number of nitrogens with one attached hydrogen (secondary N) is 1. The Morgan fingerprint density at radius 1 is 0.921 bits per heavy atom. The van der Waals surface area contributed by atoms with Crippen LogP contribution in [0, 0.1) is 0 Å². The maximum atomic E-state index is 13.3. The van der Waals surface area contributed by atoms with Gasteiger partial charge in [0, 0.05) is 37.1 Å². The zero-order valence-electron chi connectivity index (χ0n) is 20.8. The van der Waals surface area contributed by atoms with Gasteiger partial charge < -0.3 is 4.74 Å². The molecule has 0 aliphatic carbocycles. The fourth-order valence-electron chi connectivity index (χ4n) is 4.08. The van der Waals surface area contributed by atoms with Gasteiger partial charge in [-0.25, -0.2) is 17.9 Å². The Kier molecular flexibility index (Phi) is 9.25. The van der Waals surface area contributed by atoms with Crippen molar-refractivity contribution >= 4 is 27.6 Å². The first-order chi connectivity index (χ1) is 18.3. The monoisotopic (exact) mass is 549 g/mol. The molecule has 0 unspecified atom stereocenters. The van der Waals surface area contributed by atoms with Crippen molar-refractivity contribution in [2.75, 3.05) is 13.7 Å². The molecule has 1 atom stereocenters. The number of hydrogen-bond acceptors (Lipinski definition) is 6. The van der Waals surface area contributed by atoms with Gasteiger partial charge in [-0.1, -0.05) is 60.1 Å². The van der Waals surface area contributed by atoms with Gasteiger partial charge in [0.05, 0.1) is 23.6 Å². The highest BCUT2D eigenvalue weighted by atomic mass is 35.5. The summed E-state index contributed by atoms with van der Waals surface area (Å²) in [5.74, 6) is -0.399. The number of methoxy groups -OCH3 is 1. The highest BCUT2D eigenvalue weighted by Crippen LogP contribution is 2.22. The van der Waals surface area contributed by atoms with E-state index in [-0.39, 0.29) is 4.90 Å². The minimum atomic E-state index is -3.83. The van der Waals surface area contributed by atoms with Crippen molar-refractivity contribution in [3.8, 4) is 0 Å². The summed E-state index contributed by atoms with van der Waals surface area (Å²) < 4.78 is 34.3. The average Bonchev–Trinajstić information content (AvgIpc) is 2.94. The maximum Gasteiger partial charge on any atom is 0.337 e. The van der Waals surface area contributed by atoms with E-state index in [1.165, 1.54) is 19.2 Å². The van der Waals surface area contributed by atoms with Gasteiger partial charge in [0.15, 0.2) is 0 Å². The number of halogens is 1. The Morgan fingerprint density at radius 3 is 2.24 bits per heavy atom. The largest absolute Gasteiger partial charge is 0.465 e. The zero-order chi connectivity index (χ0) is 27.0. The molecule has 0 aliphatic rings. The van der Waals surface area contributed by atoms with E-state index in [0.29, 0.717) is 30.2 Å². The third kappa shape index (κ3) is 7.49. The number of ether oxygens (including phenoxy) is 1. The number of aromatic nitrogens is 1. The lowest BCUT2D eigenvalue weighted by atomic mass is 10.1. The first-order valence-electron chi connectivity index (χ1n) is 12.0. The molecular formula is C29H28ClN3O4S. The highest BCUT2D eigenvalue weighted by molar-refractivity contribution is 7.89. The SMILES string of the molecule is COC(=O)c1ccc(CN(Cc2cccnc2)C[C@@H](NS(=O)(=O)c2ccc(Cl)cc2)c2ccccc2)cc1. The number of esters is 1. The van der Waals surface area contributed by atoms with Gasteiger partial charge in [0.25, 0.3) is 0 Å². The van der Waals surface area contributed by atoms with Crippen LogP contribution in [0.25, 0.3) is 0 Å². The maximum absolute atomic E-state index is 13.3. The minimum Gasteiger partial charge on any atom is -0.465 e. The summed E-state index contributed by atoms with van der Waals surface area (Å²) in [6.45, 7) is 1.44. The predicted octanol–water partition coefficient (Wildman–Crippen LogP) is 5.24. The Bertz CT molecular complexity index is 1430. The summed E-state index contributed by atoms with van der Waals surface area (Å²) in [4.78, 5) is 18.4. The fraction of sp³-hybridized carbons (Fsp3) is 0.172. The second-order valence-corrected chi connectivity index (χ2v) is 10.9. The number of rotatable bonds is 11. The number of hydrogen-bond donors (Lipinski definition) is 1. The van der Waals surface area contributed by atoms with Crippen molar-refractivity contribution in [2.45, 2.75) is 24.0 Å². The molecule has 4 rings (SSSR count). The van der Waals surface area contributed by atoms with Crippen LogP contribution in [0.5, 0.6) is 0 Å². The molecule has 1 N–H and O–H groups in total. The van der Waals surface area contributed by atoms with Crippen LogP contribution in [0.15, 0.2) is 108 Å². The van der Waals surface area contributed by atoms with Crippen LogP contribution in [0.3, 0.4) is 0 Å². The molecule has 9 heteroatoms. The quantitative estimate of drug-likeness (QED) is 0.257. The number of benzene rings is 3. The molecule has 1 heterocycles. The predicted molar refractivity (Wildman–Crippen MR) is 147 cm³/mol. The van der Waals surface area contributed by atoms with Gasteiger partial charge in [-0.3, -0.25) is 9.88 Å². The van der Waals surface area contributed by atoms with E-state index in [4.69, 9.17) is 16.3 Å². The van der Waals surface area contributed by atoms with Crippen molar-refractivity contribution in [3.05, 3.63) is 131 Å². The molecule has 0 aliphatic heterocycles. The first kappa shape index (κ1) is 27.5. The van der Waals surface area contributed by atoms with Crippen molar-refractivity contribution in [2.24, 2.45) is 0 Å². The van der Waals surface area contributed by atoms with Crippen LogP contribution in [0.1, 0.15) is 33.1 Å². The van der Waals surface area contributed by atoms with Crippen LogP contribution >= 0.6 is 11.6 Å². The summed E-state index contributed by atoms with van der Waals surface area (Å²) in [5.41, 5.74) is 3.26. The molecule has 0 bridgehead atoms. The highest BCUT2D eigenvalue weighted by Gasteiger charge is 2.24. The number of carbonyl (C=O) groups is 1. The molecule has 0 fully saturated rings. The first-order valence-corrected chi connectivity index (χ1v) is 13.8. The van der Waals surface area contributed by atoms with Crippen LogP contribution in [0.4, 0.5) is 0 Å². The van der Waals surface area contributed by atoms with Gasteiger partial charge in [-0.15, -0.1) is 0 Å². The van der Waals surface area contributed by atoms with Gasteiger partial charge >= 0.3 is 5.97 Å². The van der Waals surface area contributed by atoms with Crippen LogP contribution in [-0.2, 0) is 27.8 Å². The average molecular weight is 550 g/mol. The molecule has 0 saturated heterocycles. The van der Waals surface area contributed by atoms with E-state index in [1.54, 1.807) is 36.7 Å². The second kappa shape index (κ2) is 12.8.